The quantitative estimate of drug-likeness (QED) is 0.0662. The molecule has 1 aromatic rings. The van der Waals surface area contributed by atoms with Crippen LogP contribution < -0.4 is 4.74 Å². The first-order valence-electron chi connectivity index (χ1n) is 8.88. The minimum atomic E-state index is -0.629. The number of unbranched alkanes of at least 4 members (excludes halogenated alkanes) is 2. The van der Waals surface area contributed by atoms with Gasteiger partial charge in [0, 0.05) is 22.6 Å². The highest BCUT2D eigenvalue weighted by molar-refractivity contribution is 14.1. The normalized spacial score (nSPS) is 13.0. The van der Waals surface area contributed by atoms with Crippen molar-refractivity contribution in [3.05, 3.63) is 47.3 Å². The Balaban J connectivity index is 2.65. The fraction of sp³-hybridized carbons (Fsp3) is 0.400. The molecule has 1 atom stereocenters. The Kier molecular flexibility index (Phi) is 11.6. The van der Waals surface area contributed by atoms with Crippen LogP contribution in [0.15, 0.2) is 46.8 Å². The van der Waals surface area contributed by atoms with Crippen molar-refractivity contribution >= 4 is 34.3 Å². The highest BCUT2D eigenvalue weighted by Crippen LogP contribution is 2.14. The molecule has 1 unspecified atom stereocenters. The predicted octanol–water partition coefficient (Wildman–Crippen LogP) is 5.05. The molecule has 0 aliphatic rings. The minimum absolute atomic E-state index is 0.232. The molecule has 0 radical (unpaired) electrons. The number of rotatable bonds is 10. The molecule has 1 rings (SSSR count). The molecule has 0 saturated carbocycles. The van der Waals surface area contributed by atoms with E-state index in [0.717, 1.165) is 19.3 Å². The number of nitrogens with zero attached hydrogens (tertiary/aromatic N) is 3. The molecule has 0 aliphatic heterocycles. The molecule has 7 nitrogen and oxygen atoms in total. The molecule has 0 bridgehead atoms. The monoisotopic (exact) mass is 497 g/mol. The zero-order valence-electron chi connectivity index (χ0n) is 16.2. The van der Waals surface area contributed by atoms with E-state index >= 15 is 0 Å². The van der Waals surface area contributed by atoms with E-state index in [2.05, 4.69) is 27.0 Å². The molecule has 28 heavy (non-hydrogen) atoms. The van der Waals surface area contributed by atoms with Crippen LogP contribution in [0.25, 0.3) is 0 Å². The van der Waals surface area contributed by atoms with Crippen molar-refractivity contribution in [3.63, 3.8) is 0 Å². The van der Waals surface area contributed by atoms with Crippen LogP contribution in [0, 0.1) is 15.1 Å². The largest absolute Gasteiger partial charge is 0.595 e. The molecule has 0 heterocycles. The highest BCUT2D eigenvalue weighted by atomic mass is 127. The van der Waals surface area contributed by atoms with Gasteiger partial charge in [0.05, 0.1) is 11.3 Å². The van der Waals surface area contributed by atoms with Gasteiger partial charge < -0.3 is 14.8 Å². The van der Waals surface area contributed by atoms with Gasteiger partial charge in [0.25, 0.3) is 0 Å². The second kappa shape index (κ2) is 13.7. The van der Waals surface area contributed by atoms with Crippen LogP contribution in [-0.2, 0) is 4.84 Å². The molecule has 0 fully saturated rings. The number of carbonyl (C=O) groups excluding carboxylic acids is 1. The molecule has 0 saturated heterocycles. The lowest BCUT2D eigenvalue weighted by Gasteiger charge is -2.05. The van der Waals surface area contributed by atoms with Crippen molar-refractivity contribution in [2.24, 2.45) is 10.3 Å². The Morgan fingerprint density at radius 3 is 2.96 bits per heavy atom. The lowest BCUT2D eigenvalue weighted by molar-refractivity contribution is -0.460. The lowest BCUT2D eigenvalue weighted by atomic mass is 10.2. The maximum absolute atomic E-state index is 12.2. The number of ether oxygens (including phenoxy) is 1. The van der Waals surface area contributed by atoms with Crippen LogP contribution >= 0.6 is 22.6 Å². The number of hydroxylamine groups is 1. The van der Waals surface area contributed by atoms with Gasteiger partial charge in [0.2, 0.25) is 6.20 Å². The summed E-state index contributed by atoms with van der Waals surface area (Å²) in [6, 6.07) is 6.02. The fourth-order valence-corrected chi connectivity index (χ4v) is 2.04. The van der Waals surface area contributed by atoms with E-state index in [0.29, 0.717) is 21.9 Å². The van der Waals surface area contributed by atoms with E-state index in [1.165, 1.54) is 6.20 Å². The number of allylic oxidation sites excluding steroid dienone is 1. The topological polar surface area (TPSA) is 86.3 Å². The van der Waals surface area contributed by atoms with Gasteiger partial charge in [-0.15, -0.1) is 0 Å². The lowest BCUT2D eigenvalue weighted by Crippen LogP contribution is -2.14. The van der Waals surface area contributed by atoms with Crippen LogP contribution in [0.4, 0.5) is 0 Å². The molecule has 8 heteroatoms. The average Bonchev–Trinajstić information content (AvgIpc) is 2.69. The summed E-state index contributed by atoms with van der Waals surface area (Å²) in [5.74, 6) is 2.64. The maximum Gasteiger partial charge on any atom is 0.365 e. The molecule has 0 spiro atoms. The van der Waals surface area contributed by atoms with E-state index in [4.69, 9.17) is 9.57 Å². The molecular weight excluding hydrogens is 473 g/mol. The zero-order valence-corrected chi connectivity index (χ0v) is 18.4. The molecule has 0 aromatic heterocycles. The SMILES string of the molecule is CCCC/C=C/[N+]([O-])=NC(C)/C(C)=N/OC(=O)c1cccc(OCC#CI)c1. The number of oxime groups is 1. The summed E-state index contributed by atoms with van der Waals surface area (Å²) in [7, 11) is 0. The predicted molar refractivity (Wildman–Crippen MR) is 116 cm³/mol. The second-order valence-corrected chi connectivity index (χ2v) is 6.36. The third-order valence-corrected chi connectivity index (χ3v) is 3.95. The first-order chi connectivity index (χ1) is 13.5. The van der Waals surface area contributed by atoms with Crippen LogP contribution in [0.3, 0.4) is 0 Å². The van der Waals surface area contributed by atoms with Crippen LogP contribution in [0.2, 0.25) is 0 Å². The molecule has 0 aliphatic carbocycles. The van der Waals surface area contributed by atoms with Gasteiger partial charge in [-0.05, 0) is 60.0 Å². The summed E-state index contributed by atoms with van der Waals surface area (Å²) < 4.78 is 8.10. The van der Waals surface area contributed by atoms with E-state index in [1.807, 2.05) is 22.6 Å². The van der Waals surface area contributed by atoms with E-state index in [1.54, 1.807) is 44.2 Å². The van der Waals surface area contributed by atoms with Crippen molar-refractivity contribution in [2.75, 3.05) is 6.61 Å². The molecule has 0 N–H and O–H groups in total. The van der Waals surface area contributed by atoms with Gasteiger partial charge in [0.1, 0.15) is 12.4 Å². The molecule has 1 aromatic carbocycles. The van der Waals surface area contributed by atoms with Crippen LogP contribution in [-0.4, -0.2) is 29.2 Å². The Labute approximate surface area is 179 Å². The Hall–Kier alpha value is -2.41. The Bertz CT molecular complexity index is 794. The Morgan fingerprint density at radius 1 is 1.46 bits per heavy atom. The zero-order chi connectivity index (χ0) is 20.8. The van der Waals surface area contributed by atoms with Gasteiger partial charge in [-0.1, -0.05) is 35.3 Å². The summed E-state index contributed by atoms with van der Waals surface area (Å²) in [6.07, 6.45) is 6.07. The smallest absolute Gasteiger partial charge is 0.365 e. The van der Waals surface area contributed by atoms with Crippen molar-refractivity contribution < 1.29 is 19.2 Å². The number of hydrogen-bond acceptors (Lipinski definition) is 6. The van der Waals surface area contributed by atoms with Crippen LogP contribution in [0.5, 0.6) is 5.75 Å². The van der Waals surface area contributed by atoms with Crippen molar-refractivity contribution in [2.45, 2.75) is 46.1 Å². The Morgan fingerprint density at radius 2 is 2.25 bits per heavy atom. The van der Waals surface area contributed by atoms with Gasteiger partial charge in [-0.3, -0.25) is 0 Å². The number of carbonyl (C=O) groups is 1. The van der Waals surface area contributed by atoms with E-state index in [-0.39, 0.29) is 6.61 Å². The molecule has 0 amide bonds. The highest BCUT2D eigenvalue weighted by Gasteiger charge is 2.12. The average molecular weight is 497 g/mol. The fourth-order valence-electron chi connectivity index (χ4n) is 1.88. The van der Waals surface area contributed by atoms with E-state index < -0.39 is 12.0 Å². The number of benzene rings is 1. The van der Waals surface area contributed by atoms with Crippen molar-refractivity contribution in [1.29, 1.82) is 0 Å². The summed E-state index contributed by atoms with van der Waals surface area (Å²) in [4.78, 5) is 17.6. The van der Waals surface area contributed by atoms with Gasteiger partial charge >= 0.3 is 5.97 Å². The van der Waals surface area contributed by atoms with Crippen molar-refractivity contribution in [1.82, 2.24) is 0 Å². The number of hydrogen-bond donors (Lipinski definition) is 0. The van der Waals surface area contributed by atoms with Gasteiger partial charge in [-0.25, -0.2) is 4.79 Å². The standard InChI is InChI=1S/C20H24IN3O4/c1-4-5-6-7-13-24(26)22-16(2)17(3)23-28-20(25)18-10-8-11-19(15-18)27-14-9-12-21/h7-8,10-11,13,15-16H,4-6,14H2,1-3H3/b13-7+,23-17+,24-22?. The summed E-state index contributed by atoms with van der Waals surface area (Å²) in [5.41, 5.74) is 0.700. The maximum atomic E-state index is 12.2. The number of halogens is 1. The minimum Gasteiger partial charge on any atom is -0.595 e. The molecular formula is C20H24IN3O4. The van der Waals surface area contributed by atoms with Crippen molar-refractivity contribution in [3.8, 4) is 15.6 Å². The summed E-state index contributed by atoms with van der Waals surface area (Å²) >= 11 is 1.92. The number of azo groups is 1. The van der Waals surface area contributed by atoms with Crippen LogP contribution in [0.1, 0.15) is 50.4 Å². The van der Waals surface area contributed by atoms with E-state index in [9.17, 15) is 10.0 Å². The first kappa shape index (κ1) is 23.6. The third-order valence-electron chi connectivity index (χ3n) is 3.57. The second-order valence-electron chi connectivity index (χ2n) is 5.82. The van der Waals surface area contributed by atoms with Gasteiger partial charge in [0.15, 0.2) is 6.04 Å². The summed E-state index contributed by atoms with van der Waals surface area (Å²) in [6.45, 7) is 5.65. The third kappa shape index (κ3) is 9.50. The summed E-state index contributed by atoms with van der Waals surface area (Å²) in [5, 5.41) is 19.4. The first-order valence-corrected chi connectivity index (χ1v) is 9.96. The van der Waals surface area contributed by atoms with Gasteiger partial charge in [-0.2, -0.15) is 0 Å². The molecule has 150 valence electrons.